The van der Waals surface area contributed by atoms with Gasteiger partial charge >= 0.3 is 0 Å². The van der Waals surface area contributed by atoms with Crippen LogP contribution in [0.2, 0.25) is 0 Å². The second-order valence-corrected chi connectivity index (χ2v) is 5.60. The second kappa shape index (κ2) is 9.27. The van der Waals surface area contributed by atoms with Crippen LogP contribution in [0.25, 0.3) is 22.2 Å². The number of amidine groups is 2. The summed E-state index contributed by atoms with van der Waals surface area (Å²) in [6.45, 7) is 0.0292. The lowest BCUT2D eigenvalue weighted by Gasteiger charge is -2.11. The molecule has 1 heterocycles. The molecule has 0 atom stereocenters. The molecule has 0 amide bonds. The molecule has 8 N–H and O–H groups in total. The molecule has 3 aromatic rings. The maximum absolute atomic E-state index is 9.03. The van der Waals surface area contributed by atoms with Gasteiger partial charge in [-0.2, -0.15) is 0 Å². The molecule has 7 nitrogen and oxygen atoms in total. The first-order valence-electron chi connectivity index (χ1n) is 7.69. The first-order chi connectivity index (χ1) is 12.0. The Hall–Kier alpha value is -2.74. The summed E-state index contributed by atoms with van der Waals surface area (Å²) < 4.78 is 5.61. The van der Waals surface area contributed by atoms with Crippen molar-refractivity contribution in [1.29, 1.82) is 10.8 Å². The summed E-state index contributed by atoms with van der Waals surface area (Å²) in [5.41, 5.74) is 14.7. The molecule has 0 bridgehead atoms. The molecule has 0 radical (unpaired) electrons. The van der Waals surface area contributed by atoms with Gasteiger partial charge in [0.25, 0.3) is 0 Å². The third kappa shape index (κ3) is 4.71. The van der Waals surface area contributed by atoms with Crippen molar-refractivity contribution in [3.63, 3.8) is 0 Å². The first kappa shape index (κ1) is 22.3. The molecule has 0 fully saturated rings. The van der Waals surface area contributed by atoms with E-state index in [4.69, 9.17) is 32.1 Å². The van der Waals surface area contributed by atoms with Crippen LogP contribution in [0.1, 0.15) is 11.1 Å². The van der Waals surface area contributed by atoms with Crippen molar-refractivity contribution in [3.05, 3.63) is 53.6 Å². The van der Waals surface area contributed by atoms with Gasteiger partial charge in [0, 0.05) is 27.6 Å². The Bertz CT molecular complexity index is 972. The number of ether oxygens (including phenoxy) is 1. The average molecular weight is 410 g/mol. The number of aliphatic hydroxyl groups excluding tert-OH is 1. The normalized spacial score (nSPS) is 9.96. The number of aliphatic hydroxyl groups is 1. The summed E-state index contributed by atoms with van der Waals surface area (Å²) in [4.78, 5) is 3.29. The predicted octanol–water partition coefficient (Wildman–Crippen LogP) is 2.62. The molecule has 1 aromatic heterocycles. The number of nitrogen functional groups attached to an aromatic ring is 2. The number of hydrogen-bond acceptors (Lipinski definition) is 4. The minimum Gasteiger partial charge on any atom is -0.490 e. The predicted molar refractivity (Wildman–Crippen MR) is 113 cm³/mol. The Labute approximate surface area is 168 Å². The zero-order valence-electron chi connectivity index (χ0n) is 14.3. The fourth-order valence-corrected chi connectivity index (χ4v) is 2.63. The number of rotatable bonds is 6. The fourth-order valence-electron chi connectivity index (χ4n) is 2.63. The monoisotopic (exact) mass is 409 g/mol. The van der Waals surface area contributed by atoms with Gasteiger partial charge in [0.15, 0.2) is 0 Å². The van der Waals surface area contributed by atoms with Crippen molar-refractivity contribution in [2.24, 2.45) is 11.5 Å². The number of H-pyrrole nitrogens is 1. The van der Waals surface area contributed by atoms with Crippen LogP contribution in [0, 0.1) is 10.8 Å². The molecule has 0 aliphatic rings. The van der Waals surface area contributed by atoms with Crippen molar-refractivity contribution in [1.82, 2.24) is 4.98 Å². The van der Waals surface area contributed by atoms with Gasteiger partial charge in [-0.1, -0.05) is 18.2 Å². The number of nitrogens with one attached hydrogen (secondary N) is 3. The van der Waals surface area contributed by atoms with Gasteiger partial charge in [-0.05, 0) is 24.3 Å². The van der Waals surface area contributed by atoms with E-state index in [1.165, 1.54) is 0 Å². The van der Waals surface area contributed by atoms with Crippen molar-refractivity contribution in [2.75, 3.05) is 13.2 Å². The van der Waals surface area contributed by atoms with Crippen LogP contribution in [-0.2, 0) is 0 Å². The van der Waals surface area contributed by atoms with Crippen LogP contribution in [0.5, 0.6) is 5.75 Å². The van der Waals surface area contributed by atoms with E-state index in [0.717, 1.165) is 22.2 Å². The van der Waals surface area contributed by atoms with E-state index in [2.05, 4.69) is 4.98 Å². The van der Waals surface area contributed by atoms with Crippen LogP contribution in [0.4, 0.5) is 0 Å². The van der Waals surface area contributed by atoms with E-state index in [-0.39, 0.29) is 49.7 Å². The summed E-state index contributed by atoms with van der Waals surface area (Å²) >= 11 is 0. The van der Waals surface area contributed by atoms with E-state index >= 15 is 0 Å². The molecule has 0 aliphatic heterocycles. The molecule has 0 saturated carbocycles. The van der Waals surface area contributed by atoms with Gasteiger partial charge in [0.1, 0.15) is 24.0 Å². The summed E-state index contributed by atoms with van der Waals surface area (Å²) in [7, 11) is 0. The molecule has 0 spiro atoms. The van der Waals surface area contributed by atoms with E-state index < -0.39 is 0 Å². The van der Waals surface area contributed by atoms with Gasteiger partial charge < -0.3 is 26.3 Å². The number of benzene rings is 2. The summed E-state index contributed by atoms with van der Waals surface area (Å²) in [5.74, 6) is 0.485. The van der Waals surface area contributed by atoms with Crippen molar-refractivity contribution in [3.8, 4) is 17.0 Å². The van der Waals surface area contributed by atoms with E-state index in [9.17, 15) is 0 Å². The van der Waals surface area contributed by atoms with E-state index in [1.807, 2.05) is 24.3 Å². The second-order valence-electron chi connectivity index (χ2n) is 5.60. The molecule has 2 aromatic carbocycles. The van der Waals surface area contributed by atoms with Gasteiger partial charge in [-0.25, -0.2) is 0 Å². The van der Waals surface area contributed by atoms with Crippen LogP contribution < -0.4 is 16.2 Å². The highest BCUT2D eigenvalue weighted by molar-refractivity contribution is 6.00. The Kier molecular flexibility index (Phi) is 7.66. The number of aromatic amines is 1. The summed E-state index contributed by atoms with van der Waals surface area (Å²) in [5, 5.41) is 25.1. The Balaban J connectivity index is 0.00000182. The molecule has 0 saturated heterocycles. The molecule has 144 valence electrons. The minimum atomic E-state index is -0.113. The van der Waals surface area contributed by atoms with Crippen LogP contribution in [0.15, 0.2) is 42.5 Å². The molecular formula is C18H21Cl2N5O2. The Morgan fingerprint density at radius 2 is 1.59 bits per heavy atom. The minimum absolute atomic E-state index is 0. The lowest BCUT2D eigenvalue weighted by molar-refractivity contribution is 0.202. The lowest BCUT2D eigenvalue weighted by atomic mass is 10.1. The average Bonchev–Trinajstić information content (AvgIpc) is 3.02. The van der Waals surface area contributed by atoms with Gasteiger partial charge in [0.2, 0.25) is 0 Å². The summed E-state index contributed by atoms with van der Waals surface area (Å²) in [6, 6.07) is 12.7. The third-order valence-electron chi connectivity index (χ3n) is 3.87. The van der Waals surface area contributed by atoms with Crippen molar-refractivity contribution >= 4 is 47.4 Å². The molecule has 0 aliphatic carbocycles. The zero-order chi connectivity index (χ0) is 18.0. The number of aromatic nitrogens is 1. The third-order valence-corrected chi connectivity index (χ3v) is 3.87. The largest absolute Gasteiger partial charge is 0.490 e. The maximum Gasteiger partial charge on any atom is 0.129 e. The molecule has 3 rings (SSSR count). The van der Waals surface area contributed by atoms with Crippen molar-refractivity contribution < 1.29 is 9.84 Å². The number of nitrogens with two attached hydrogens (primary N) is 2. The molecule has 27 heavy (non-hydrogen) atoms. The maximum atomic E-state index is 9.03. The van der Waals surface area contributed by atoms with E-state index in [0.29, 0.717) is 16.9 Å². The SMILES string of the molecule is Cl.Cl.N=C(N)c1ccc(-c2cc3ccc(C(=N)N)cc3[nH]2)c(OCCO)c1. The van der Waals surface area contributed by atoms with Crippen LogP contribution in [-0.4, -0.2) is 35.0 Å². The van der Waals surface area contributed by atoms with Crippen molar-refractivity contribution in [2.45, 2.75) is 0 Å². The molecule has 9 heteroatoms. The highest BCUT2D eigenvalue weighted by Gasteiger charge is 2.12. The van der Waals surface area contributed by atoms with Gasteiger partial charge in [0.05, 0.1) is 12.3 Å². The quantitative estimate of drug-likeness (QED) is 0.274. The smallest absolute Gasteiger partial charge is 0.129 e. The van der Waals surface area contributed by atoms with Crippen LogP contribution >= 0.6 is 24.8 Å². The van der Waals surface area contributed by atoms with Gasteiger partial charge in [-0.3, -0.25) is 10.8 Å². The highest BCUT2D eigenvalue weighted by atomic mass is 35.5. The number of halogens is 2. The van der Waals surface area contributed by atoms with E-state index in [1.54, 1.807) is 18.2 Å². The highest BCUT2D eigenvalue weighted by Crippen LogP contribution is 2.33. The lowest BCUT2D eigenvalue weighted by Crippen LogP contribution is -2.12. The number of fused-ring (bicyclic) bond motifs is 1. The number of hydrogen-bond donors (Lipinski definition) is 6. The zero-order valence-corrected chi connectivity index (χ0v) is 15.9. The molecular weight excluding hydrogens is 389 g/mol. The Morgan fingerprint density at radius 3 is 2.22 bits per heavy atom. The topological polar surface area (TPSA) is 145 Å². The Morgan fingerprint density at radius 1 is 0.963 bits per heavy atom. The standard InChI is InChI=1S/C18H19N5O2.2ClH/c19-17(20)11-2-1-10-7-15(23-14(10)8-11)13-4-3-12(18(21)22)9-16(13)25-6-5-24;;/h1-4,7-9,23-24H,5-6H2,(H3,19,20)(H3,21,22);2*1H. The fraction of sp³-hybridized carbons (Fsp3) is 0.111. The van der Waals surface area contributed by atoms with Crippen LogP contribution in [0.3, 0.4) is 0 Å². The molecule has 0 unspecified atom stereocenters. The summed E-state index contributed by atoms with van der Waals surface area (Å²) in [6.07, 6.45) is 0. The van der Waals surface area contributed by atoms with Gasteiger partial charge in [-0.15, -0.1) is 24.8 Å². The first-order valence-corrected chi connectivity index (χ1v) is 7.69.